The van der Waals surface area contributed by atoms with Crippen molar-refractivity contribution in [3.05, 3.63) is 128 Å². The molecule has 0 aliphatic heterocycles. The molecule has 0 aliphatic rings. The van der Waals surface area contributed by atoms with Crippen molar-refractivity contribution in [2.75, 3.05) is 0 Å². The molecule has 0 bridgehead atoms. The van der Waals surface area contributed by atoms with E-state index in [9.17, 15) is 0 Å². The Labute approximate surface area is 260 Å². The molecule has 0 atom stereocenters. The van der Waals surface area contributed by atoms with Crippen LogP contribution in [0.2, 0.25) is 0 Å². The van der Waals surface area contributed by atoms with Gasteiger partial charge in [0.15, 0.2) is 5.82 Å². The van der Waals surface area contributed by atoms with Crippen molar-refractivity contribution >= 4 is 65.7 Å². The Balaban J connectivity index is 1.32. The minimum atomic E-state index is 0.400. The van der Waals surface area contributed by atoms with Crippen LogP contribution in [0.5, 0.6) is 0 Å². The summed E-state index contributed by atoms with van der Waals surface area (Å²) in [7, 11) is 0. The molecule has 3 aromatic carbocycles. The molecule has 0 aliphatic carbocycles. The highest BCUT2D eigenvalue weighted by Crippen LogP contribution is 2.33. The molecule has 0 saturated heterocycles. The van der Waals surface area contributed by atoms with Crippen LogP contribution in [0, 0.1) is 0 Å². The van der Waals surface area contributed by atoms with Crippen molar-refractivity contribution in [3.63, 3.8) is 0 Å². The molecule has 0 amide bonds. The van der Waals surface area contributed by atoms with Crippen molar-refractivity contribution in [3.8, 4) is 23.4 Å². The molecular weight excluding hydrogens is 570 g/mol. The molecule has 10 aromatic rings. The van der Waals surface area contributed by atoms with Crippen LogP contribution in [0.1, 0.15) is 0 Å². The predicted molar refractivity (Wildman–Crippen MR) is 180 cm³/mol. The first-order valence-corrected chi connectivity index (χ1v) is 14.9. The van der Waals surface area contributed by atoms with E-state index in [0.717, 1.165) is 54.4 Å². The summed E-state index contributed by atoms with van der Waals surface area (Å²) >= 11 is 0. The molecule has 0 radical (unpaired) electrons. The van der Waals surface area contributed by atoms with Crippen LogP contribution < -0.4 is 0 Å². The molecule has 214 valence electrons. The number of hydrogen-bond donors (Lipinski definition) is 0. The molecule has 46 heavy (non-hydrogen) atoms. The van der Waals surface area contributed by atoms with E-state index in [1.165, 1.54) is 0 Å². The lowest BCUT2D eigenvalue weighted by atomic mass is 10.1. The van der Waals surface area contributed by atoms with Gasteiger partial charge in [0.1, 0.15) is 17.0 Å². The first-order chi connectivity index (χ1) is 22.8. The summed E-state index contributed by atoms with van der Waals surface area (Å²) in [5.74, 6) is 1.30. The first kappa shape index (κ1) is 24.8. The zero-order valence-corrected chi connectivity index (χ0v) is 24.1. The van der Waals surface area contributed by atoms with E-state index in [-0.39, 0.29) is 0 Å². The van der Waals surface area contributed by atoms with Gasteiger partial charge in [-0.25, -0.2) is 19.5 Å². The highest BCUT2D eigenvalue weighted by Gasteiger charge is 2.21. The summed E-state index contributed by atoms with van der Waals surface area (Å²) in [6.45, 7) is 0. The van der Waals surface area contributed by atoms with Crippen molar-refractivity contribution < 1.29 is 0 Å². The summed E-state index contributed by atoms with van der Waals surface area (Å²) in [4.78, 5) is 34.6. The highest BCUT2D eigenvalue weighted by atomic mass is 15.3. The highest BCUT2D eigenvalue weighted by molar-refractivity contribution is 6.09. The average molecular weight is 592 g/mol. The number of benzene rings is 3. The van der Waals surface area contributed by atoms with E-state index in [0.29, 0.717) is 34.7 Å². The average Bonchev–Trinajstić information content (AvgIpc) is 3.64. The van der Waals surface area contributed by atoms with Gasteiger partial charge in [-0.1, -0.05) is 60.7 Å². The van der Waals surface area contributed by atoms with E-state index >= 15 is 0 Å². The standard InChI is InChI=1S/C37H21N9/c1-3-13-29-24(9-1)25-10-2-4-14-30(25)45(29)36-42-33(28-18-17-23-16-15-22-8-5-19-38-31(22)32(23)41-28)43-37(44-36)46-34-26(11-6-20-39-34)27-12-7-21-40-35(27)46/h1-21H. The number of hydrogen-bond acceptors (Lipinski definition) is 7. The minimum absolute atomic E-state index is 0.400. The van der Waals surface area contributed by atoms with Crippen LogP contribution >= 0.6 is 0 Å². The molecule has 0 N–H and O–H groups in total. The van der Waals surface area contributed by atoms with Gasteiger partial charge in [0, 0.05) is 50.9 Å². The molecular formula is C37H21N9. The van der Waals surface area contributed by atoms with Gasteiger partial charge >= 0.3 is 0 Å². The van der Waals surface area contributed by atoms with Crippen molar-refractivity contribution in [2.24, 2.45) is 0 Å². The third-order valence-electron chi connectivity index (χ3n) is 8.54. The topological polar surface area (TPSA) is 100 Å². The molecule has 0 fully saturated rings. The summed E-state index contributed by atoms with van der Waals surface area (Å²) in [6.07, 6.45) is 5.34. The smallest absolute Gasteiger partial charge is 0.242 e. The van der Waals surface area contributed by atoms with E-state index in [1.54, 1.807) is 18.6 Å². The maximum Gasteiger partial charge on any atom is 0.242 e. The van der Waals surface area contributed by atoms with Gasteiger partial charge in [0.2, 0.25) is 11.9 Å². The molecule has 9 heteroatoms. The molecule has 10 rings (SSSR count). The van der Waals surface area contributed by atoms with Crippen LogP contribution in [-0.2, 0) is 0 Å². The maximum absolute atomic E-state index is 5.14. The fraction of sp³-hybridized carbons (Fsp3) is 0. The first-order valence-electron chi connectivity index (χ1n) is 14.9. The Morgan fingerprint density at radius 3 is 1.63 bits per heavy atom. The van der Waals surface area contributed by atoms with Crippen molar-refractivity contribution in [2.45, 2.75) is 0 Å². The second-order valence-electron chi connectivity index (χ2n) is 11.1. The quantitative estimate of drug-likeness (QED) is 0.195. The monoisotopic (exact) mass is 591 g/mol. The fourth-order valence-electron chi connectivity index (χ4n) is 6.52. The summed E-state index contributed by atoms with van der Waals surface area (Å²) in [6, 6.07) is 36.6. The molecule has 9 nitrogen and oxygen atoms in total. The summed E-state index contributed by atoms with van der Waals surface area (Å²) in [5, 5.41) is 6.16. The van der Waals surface area contributed by atoms with Gasteiger partial charge in [0.25, 0.3) is 0 Å². The minimum Gasteiger partial charge on any atom is -0.278 e. The third kappa shape index (κ3) is 3.53. The van der Waals surface area contributed by atoms with E-state index in [2.05, 4.69) is 58.1 Å². The SMILES string of the molecule is c1cnc2c(c1)ccc1ccc(-c3nc(-n4c5ccccc5c5ccccc54)nc(-n4c5ncccc5c5cccnc54)n3)nc12. The second-order valence-corrected chi connectivity index (χ2v) is 11.1. The van der Waals surface area contributed by atoms with E-state index < -0.39 is 0 Å². The van der Waals surface area contributed by atoms with Gasteiger partial charge < -0.3 is 0 Å². The zero-order chi connectivity index (χ0) is 30.2. The number of pyridine rings is 4. The van der Waals surface area contributed by atoms with Gasteiger partial charge in [-0.2, -0.15) is 15.0 Å². The van der Waals surface area contributed by atoms with Gasteiger partial charge in [0.05, 0.1) is 22.1 Å². The summed E-state index contributed by atoms with van der Waals surface area (Å²) < 4.78 is 4.00. The Morgan fingerprint density at radius 1 is 0.391 bits per heavy atom. The Bertz CT molecular complexity index is 2590. The van der Waals surface area contributed by atoms with E-state index in [1.807, 2.05) is 65.2 Å². The maximum atomic E-state index is 5.14. The van der Waals surface area contributed by atoms with Crippen LogP contribution in [0.15, 0.2) is 128 Å². The van der Waals surface area contributed by atoms with Crippen molar-refractivity contribution in [1.29, 1.82) is 0 Å². The normalized spacial score (nSPS) is 11.9. The Kier molecular flexibility index (Phi) is 5.09. The van der Waals surface area contributed by atoms with Crippen LogP contribution in [0.25, 0.3) is 89.1 Å². The van der Waals surface area contributed by atoms with E-state index in [4.69, 9.17) is 29.9 Å². The Hall–Kier alpha value is -6.61. The molecule has 7 aromatic heterocycles. The van der Waals surface area contributed by atoms with Gasteiger partial charge in [-0.15, -0.1) is 0 Å². The predicted octanol–water partition coefficient (Wildman–Crippen LogP) is 7.62. The number of para-hydroxylation sites is 2. The third-order valence-corrected chi connectivity index (χ3v) is 8.54. The Morgan fingerprint density at radius 2 is 0.935 bits per heavy atom. The fourth-order valence-corrected chi connectivity index (χ4v) is 6.52. The van der Waals surface area contributed by atoms with Crippen molar-refractivity contribution in [1.82, 2.24) is 44.0 Å². The number of aromatic nitrogens is 9. The molecule has 0 unspecified atom stereocenters. The molecule has 7 heterocycles. The van der Waals surface area contributed by atoms with Gasteiger partial charge in [-0.3, -0.25) is 9.55 Å². The lowest BCUT2D eigenvalue weighted by Gasteiger charge is -2.12. The number of rotatable bonds is 3. The zero-order valence-electron chi connectivity index (χ0n) is 24.1. The number of nitrogens with zero attached hydrogens (tertiary/aromatic N) is 9. The lowest BCUT2D eigenvalue weighted by Crippen LogP contribution is -2.11. The summed E-state index contributed by atoms with van der Waals surface area (Å²) in [5.41, 5.74) is 5.63. The van der Waals surface area contributed by atoms with Crippen LogP contribution in [-0.4, -0.2) is 44.0 Å². The second kappa shape index (κ2) is 9.44. The number of fused-ring (bicyclic) bond motifs is 9. The van der Waals surface area contributed by atoms with Gasteiger partial charge in [-0.05, 0) is 48.5 Å². The largest absolute Gasteiger partial charge is 0.278 e. The van der Waals surface area contributed by atoms with Crippen LogP contribution in [0.4, 0.5) is 0 Å². The lowest BCUT2D eigenvalue weighted by molar-refractivity contribution is 0.881. The molecule has 0 saturated carbocycles. The van der Waals surface area contributed by atoms with Crippen LogP contribution in [0.3, 0.4) is 0 Å². The molecule has 0 spiro atoms.